The molecule has 0 unspecified atom stereocenters. The van der Waals surface area contributed by atoms with Crippen LogP contribution in [0.15, 0.2) is 12.4 Å². The number of nitrogen functional groups attached to an aromatic ring is 1. The molecule has 0 aliphatic heterocycles. The van der Waals surface area contributed by atoms with E-state index in [-0.39, 0.29) is 0 Å². The lowest BCUT2D eigenvalue weighted by Gasteiger charge is -1.93. The number of hydrogen-bond donors (Lipinski definition) is 2. The van der Waals surface area contributed by atoms with Crippen LogP contribution < -0.4 is 5.73 Å². The molecule has 2 aromatic heterocycles. The van der Waals surface area contributed by atoms with Crippen LogP contribution in [0.25, 0.3) is 10.9 Å². The third kappa shape index (κ3) is 1.05. The fourth-order valence-electron chi connectivity index (χ4n) is 0.923. The second-order valence-electron chi connectivity index (χ2n) is 2.13. The van der Waals surface area contributed by atoms with Gasteiger partial charge in [0.15, 0.2) is 0 Å². The Balaban J connectivity index is 2.91. The first-order valence-electron chi connectivity index (χ1n) is 3.03. The van der Waals surface area contributed by atoms with Gasteiger partial charge in [0.25, 0.3) is 0 Å². The normalized spacial score (nSPS) is 10.6. The van der Waals surface area contributed by atoms with E-state index >= 15 is 0 Å². The second kappa shape index (κ2) is 2.33. The number of rotatable bonds is 0. The van der Waals surface area contributed by atoms with E-state index in [1.165, 1.54) is 0 Å². The third-order valence-electron chi connectivity index (χ3n) is 1.39. The van der Waals surface area contributed by atoms with E-state index in [0.29, 0.717) is 5.95 Å². The van der Waals surface area contributed by atoms with Gasteiger partial charge in [-0.15, -0.1) is 0 Å². The smallest absolute Gasteiger partial charge is 0.221 e. The van der Waals surface area contributed by atoms with Gasteiger partial charge in [0.1, 0.15) is 3.70 Å². The number of halogens is 1. The molecule has 56 valence electrons. The van der Waals surface area contributed by atoms with Gasteiger partial charge in [-0.2, -0.15) is 0 Å². The molecule has 0 saturated heterocycles. The number of nitrogens with two attached hydrogens (primary N) is 1. The fourth-order valence-corrected chi connectivity index (χ4v) is 1.60. The summed E-state index contributed by atoms with van der Waals surface area (Å²) in [5.41, 5.74) is 6.31. The predicted octanol–water partition coefficient (Wildman–Crippen LogP) is 1.14. The van der Waals surface area contributed by atoms with Crippen molar-refractivity contribution in [1.29, 1.82) is 0 Å². The van der Waals surface area contributed by atoms with Crippen molar-refractivity contribution in [2.45, 2.75) is 0 Å². The minimum Gasteiger partial charge on any atom is -0.368 e. The summed E-state index contributed by atoms with van der Waals surface area (Å²) in [5, 5.41) is 1.01. The minimum absolute atomic E-state index is 0.321. The monoisotopic (exact) mass is 260 g/mol. The largest absolute Gasteiger partial charge is 0.368 e. The van der Waals surface area contributed by atoms with Gasteiger partial charge in [0, 0.05) is 17.8 Å². The SMILES string of the molecule is Nc1nc(I)c2c[nH]cc2n1. The van der Waals surface area contributed by atoms with E-state index in [0.717, 1.165) is 14.6 Å². The maximum absolute atomic E-state index is 5.44. The lowest BCUT2D eigenvalue weighted by molar-refractivity contribution is 1.21. The van der Waals surface area contributed by atoms with E-state index in [1.54, 1.807) is 6.20 Å². The highest BCUT2D eigenvalue weighted by Gasteiger charge is 2.02. The number of H-pyrrole nitrogens is 1. The van der Waals surface area contributed by atoms with Gasteiger partial charge < -0.3 is 10.7 Å². The van der Waals surface area contributed by atoms with Crippen molar-refractivity contribution in [3.8, 4) is 0 Å². The zero-order chi connectivity index (χ0) is 7.84. The Morgan fingerprint density at radius 2 is 2.18 bits per heavy atom. The molecule has 4 nitrogen and oxygen atoms in total. The van der Waals surface area contributed by atoms with Gasteiger partial charge in [0.2, 0.25) is 5.95 Å². The Bertz CT molecular complexity index is 394. The van der Waals surface area contributed by atoms with Crippen LogP contribution >= 0.6 is 22.6 Å². The van der Waals surface area contributed by atoms with Crippen molar-refractivity contribution in [2.24, 2.45) is 0 Å². The van der Waals surface area contributed by atoms with Crippen molar-refractivity contribution in [3.63, 3.8) is 0 Å². The van der Waals surface area contributed by atoms with Gasteiger partial charge in [0.05, 0.1) is 5.52 Å². The van der Waals surface area contributed by atoms with Crippen LogP contribution in [0.4, 0.5) is 5.95 Å². The molecule has 0 fully saturated rings. The highest BCUT2D eigenvalue weighted by molar-refractivity contribution is 14.1. The number of nitrogens with zero attached hydrogens (tertiary/aromatic N) is 2. The summed E-state index contributed by atoms with van der Waals surface area (Å²) in [5.74, 6) is 0.321. The van der Waals surface area contributed by atoms with E-state index in [2.05, 4.69) is 37.5 Å². The van der Waals surface area contributed by atoms with Crippen molar-refractivity contribution in [3.05, 3.63) is 16.1 Å². The highest BCUT2D eigenvalue weighted by atomic mass is 127. The molecular formula is C6H5IN4. The Hall–Kier alpha value is -0.850. The molecule has 0 spiro atoms. The number of fused-ring (bicyclic) bond motifs is 1. The maximum atomic E-state index is 5.44. The maximum Gasteiger partial charge on any atom is 0.221 e. The summed E-state index contributed by atoms with van der Waals surface area (Å²) >= 11 is 2.13. The summed E-state index contributed by atoms with van der Waals surface area (Å²) in [6.45, 7) is 0. The Morgan fingerprint density at radius 1 is 1.36 bits per heavy atom. The molecule has 2 heterocycles. The second-order valence-corrected chi connectivity index (χ2v) is 3.15. The van der Waals surface area contributed by atoms with E-state index < -0.39 is 0 Å². The molecule has 0 aromatic carbocycles. The molecule has 2 aromatic rings. The first kappa shape index (κ1) is 6.84. The molecule has 2 rings (SSSR count). The number of aromatic nitrogens is 3. The van der Waals surface area contributed by atoms with E-state index in [9.17, 15) is 0 Å². The molecule has 0 saturated carbocycles. The minimum atomic E-state index is 0.321. The number of nitrogens with one attached hydrogen (secondary N) is 1. The summed E-state index contributed by atoms with van der Waals surface area (Å²) in [4.78, 5) is 11.0. The van der Waals surface area contributed by atoms with Crippen LogP contribution in [-0.4, -0.2) is 15.0 Å². The van der Waals surface area contributed by atoms with Gasteiger partial charge in [-0.1, -0.05) is 0 Å². The molecule has 11 heavy (non-hydrogen) atoms. The summed E-state index contributed by atoms with van der Waals surface area (Å²) in [6, 6.07) is 0. The first-order valence-corrected chi connectivity index (χ1v) is 4.11. The van der Waals surface area contributed by atoms with Crippen molar-refractivity contribution in [1.82, 2.24) is 15.0 Å². The summed E-state index contributed by atoms with van der Waals surface area (Å²) < 4.78 is 0.881. The van der Waals surface area contributed by atoms with E-state index in [4.69, 9.17) is 5.73 Å². The van der Waals surface area contributed by atoms with Gasteiger partial charge >= 0.3 is 0 Å². The van der Waals surface area contributed by atoms with Gasteiger partial charge in [-0.05, 0) is 22.6 Å². The van der Waals surface area contributed by atoms with Crippen LogP contribution in [0.5, 0.6) is 0 Å². The number of anilines is 1. The molecule has 0 atom stereocenters. The van der Waals surface area contributed by atoms with Crippen LogP contribution in [0, 0.1) is 3.70 Å². The number of aromatic amines is 1. The third-order valence-corrected chi connectivity index (χ3v) is 2.22. The molecule has 0 radical (unpaired) electrons. The topological polar surface area (TPSA) is 67.6 Å². The average molecular weight is 260 g/mol. The Labute approximate surface area is 76.4 Å². The summed E-state index contributed by atoms with van der Waals surface area (Å²) in [6.07, 6.45) is 3.66. The lowest BCUT2D eigenvalue weighted by Crippen LogP contribution is -1.95. The van der Waals surface area contributed by atoms with Crippen LogP contribution in [0.2, 0.25) is 0 Å². The predicted molar refractivity (Wildman–Crippen MR) is 51.0 cm³/mol. The first-order chi connectivity index (χ1) is 5.27. The Morgan fingerprint density at radius 3 is 3.00 bits per heavy atom. The van der Waals surface area contributed by atoms with Crippen molar-refractivity contribution >= 4 is 39.4 Å². The molecule has 0 aliphatic rings. The van der Waals surface area contributed by atoms with Crippen LogP contribution in [0.1, 0.15) is 0 Å². The average Bonchev–Trinajstić information content (AvgIpc) is 2.34. The van der Waals surface area contributed by atoms with Crippen LogP contribution in [0.3, 0.4) is 0 Å². The summed E-state index contributed by atoms with van der Waals surface area (Å²) in [7, 11) is 0. The van der Waals surface area contributed by atoms with Crippen molar-refractivity contribution < 1.29 is 0 Å². The Kier molecular flexibility index (Phi) is 1.45. The highest BCUT2D eigenvalue weighted by Crippen LogP contribution is 2.16. The van der Waals surface area contributed by atoms with Gasteiger partial charge in [-0.25, -0.2) is 9.97 Å². The zero-order valence-corrected chi connectivity index (χ0v) is 7.66. The molecule has 0 bridgehead atoms. The quantitative estimate of drug-likeness (QED) is 0.551. The molecular weight excluding hydrogens is 255 g/mol. The fraction of sp³-hybridized carbons (Fsp3) is 0. The lowest BCUT2D eigenvalue weighted by atomic mass is 10.4. The zero-order valence-electron chi connectivity index (χ0n) is 5.50. The molecule has 0 aliphatic carbocycles. The molecule has 0 amide bonds. The van der Waals surface area contributed by atoms with Crippen LogP contribution in [-0.2, 0) is 0 Å². The van der Waals surface area contributed by atoms with Crippen molar-refractivity contribution in [2.75, 3.05) is 5.73 Å². The molecule has 3 N–H and O–H groups in total. The van der Waals surface area contributed by atoms with Gasteiger partial charge in [-0.3, -0.25) is 0 Å². The van der Waals surface area contributed by atoms with E-state index in [1.807, 2.05) is 6.20 Å². The molecule has 5 heteroatoms. The standard InChI is InChI=1S/C6H5IN4/c7-5-3-1-9-2-4(3)10-6(8)11-5/h1-2,9H,(H2,8,10). The number of hydrogen-bond acceptors (Lipinski definition) is 3.